The highest BCUT2D eigenvalue weighted by Crippen LogP contribution is 2.42. The Labute approximate surface area is 71.9 Å². The molecule has 0 heterocycles. The van der Waals surface area contributed by atoms with Gasteiger partial charge in [-0.1, -0.05) is 12.2 Å². The third kappa shape index (κ3) is 7.65. The Balaban J connectivity index is 0. The minimum atomic E-state index is -3.87. The molecule has 0 fully saturated rings. The predicted molar refractivity (Wildman–Crippen MR) is 47.1 cm³/mol. The molecule has 0 saturated heterocycles. The van der Waals surface area contributed by atoms with Crippen molar-refractivity contribution in [3.05, 3.63) is 25.3 Å². The van der Waals surface area contributed by atoms with Crippen LogP contribution in [0.3, 0.4) is 0 Å². The van der Waals surface area contributed by atoms with E-state index < -0.39 is 7.82 Å². The van der Waals surface area contributed by atoms with Crippen LogP contribution in [-0.4, -0.2) is 18.1 Å². The zero-order chi connectivity index (χ0) is 8.74. The second-order valence-electron chi connectivity index (χ2n) is 1.64. The van der Waals surface area contributed by atoms with Gasteiger partial charge in [-0.3, -0.25) is 9.05 Å². The lowest BCUT2D eigenvalue weighted by atomic mass is 10.7. The fourth-order valence-corrected chi connectivity index (χ4v) is 0.993. The van der Waals surface area contributed by atoms with Gasteiger partial charge >= 0.3 is 7.82 Å². The average molecular weight is 195 g/mol. The fraction of sp³-hybridized carbons (Fsp3) is 0.333. The van der Waals surface area contributed by atoms with E-state index >= 15 is 0 Å². The van der Waals surface area contributed by atoms with Gasteiger partial charge in [0.2, 0.25) is 0 Å². The van der Waals surface area contributed by atoms with E-state index in [-0.39, 0.29) is 19.4 Å². The third-order valence-corrected chi connectivity index (χ3v) is 1.66. The Kier molecular flexibility index (Phi) is 8.47. The normalized spacial score (nSPS) is 10.1. The van der Waals surface area contributed by atoms with Crippen LogP contribution in [0.1, 0.15) is 0 Å². The SMILES string of the molecule is C=CCOP(=O)(O)OCC=C.N. The summed E-state index contributed by atoms with van der Waals surface area (Å²) in [6.07, 6.45) is 2.72. The van der Waals surface area contributed by atoms with Crippen LogP contribution >= 0.6 is 7.82 Å². The van der Waals surface area contributed by atoms with Crippen molar-refractivity contribution in [1.82, 2.24) is 6.15 Å². The molecule has 0 aliphatic rings. The molecule has 0 saturated carbocycles. The topological polar surface area (TPSA) is 90.8 Å². The molecule has 72 valence electrons. The first kappa shape index (κ1) is 14.1. The van der Waals surface area contributed by atoms with E-state index in [1.807, 2.05) is 0 Å². The number of hydrogen-bond acceptors (Lipinski definition) is 4. The largest absolute Gasteiger partial charge is 0.472 e. The Morgan fingerprint density at radius 2 is 1.58 bits per heavy atom. The van der Waals surface area contributed by atoms with E-state index in [4.69, 9.17) is 4.89 Å². The van der Waals surface area contributed by atoms with Gasteiger partial charge in [0.1, 0.15) is 0 Å². The molecule has 0 aromatic carbocycles. The minimum Gasteiger partial charge on any atom is -0.344 e. The number of hydrogen-bond donors (Lipinski definition) is 2. The van der Waals surface area contributed by atoms with Crippen LogP contribution in [0.15, 0.2) is 25.3 Å². The first-order valence-corrected chi connectivity index (χ1v) is 4.45. The summed E-state index contributed by atoms with van der Waals surface area (Å²) in [4.78, 5) is 8.79. The van der Waals surface area contributed by atoms with Crippen molar-refractivity contribution in [1.29, 1.82) is 0 Å². The molecule has 0 aromatic rings. The van der Waals surface area contributed by atoms with E-state index in [0.717, 1.165) is 0 Å². The monoisotopic (exact) mass is 195 g/mol. The lowest BCUT2D eigenvalue weighted by Gasteiger charge is -2.08. The number of phosphoric acid groups is 1. The molecule has 0 unspecified atom stereocenters. The van der Waals surface area contributed by atoms with Gasteiger partial charge in [-0.05, 0) is 0 Å². The maximum atomic E-state index is 10.7. The Morgan fingerprint density at radius 3 is 1.83 bits per heavy atom. The van der Waals surface area contributed by atoms with E-state index in [0.29, 0.717) is 0 Å². The van der Waals surface area contributed by atoms with Gasteiger partial charge in [0.15, 0.2) is 0 Å². The van der Waals surface area contributed by atoms with Gasteiger partial charge in [0.05, 0.1) is 13.2 Å². The standard InChI is InChI=1S/C6H11O4P.H3N/c1-3-5-9-11(7,8)10-6-4-2;/h3-4H,1-2,5-6H2,(H,7,8);1H3. The molecule has 0 aromatic heterocycles. The lowest BCUT2D eigenvalue weighted by molar-refractivity contribution is 0.174. The Morgan fingerprint density at radius 1 is 1.25 bits per heavy atom. The first-order valence-electron chi connectivity index (χ1n) is 2.96. The van der Waals surface area contributed by atoms with Gasteiger partial charge in [0, 0.05) is 0 Å². The molecular weight excluding hydrogens is 181 g/mol. The van der Waals surface area contributed by atoms with Crippen molar-refractivity contribution < 1.29 is 18.5 Å². The summed E-state index contributed by atoms with van der Waals surface area (Å²) < 4.78 is 19.6. The summed E-state index contributed by atoms with van der Waals surface area (Å²) in [5.41, 5.74) is 0. The summed E-state index contributed by atoms with van der Waals surface area (Å²) in [7, 11) is -3.87. The quantitative estimate of drug-likeness (QED) is 0.496. The molecule has 0 spiro atoms. The number of rotatable bonds is 6. The maximum absolute atomic E-state index is 10.7. The predicted octanol–water partition coefficient (Wildman–Crippen LogP) is 1.65. The van der Waals surface area contributed by atoms with Crippen LogP contribution in [0.2, 0.25) is 0 Å². The number of phosphoric ester groups is 1. The van der Waals surface area contributed by atoms with Crippen LogP contribution in [0.5, 0.6) is 0 Å². The molecule has 0 aliphatic heterocycles. The fourth-order valence-electron chi connectivity index (χ4n) is 0.331. The van der Waals surface area contributed by atoms with Crippen LogP contribution in [0.4, 0.5) is 0 Å². The van der Waals surface area contributed by atoms with Crippen molar-refractivity contribution in [2.24, 2.45) is 0 Å². The molecule has 12 heavy (non-hydrogen) atoms. The van der Waals surface area contributed by atoms with E-state index in [9.17, 15) is 4.57 Å². The van der Waals surface area contributed by atoms with Crippen molar-refractivity contribution in [2.75, 3.05) is 13.2 Å². The van der Waals surface area contributed by atoms with Gasteiger partial charge in [-0.2, -0.15) is 0 Å². The first-order chi connectivity index (χ1) is 5.12. The second kappa shape index (κ2) is 7.21. The highest BCUT2D eigenvalue weighted by atomic mass is 31.2. The summed E-state index contributed by atoms with van der Waals surface area (Å²) in [6, 6.07) is 0. The average Bonchev–Trinajstić information content (AvgIpc) is 1.97. The zero-order valence-corrected chi connectivity index (χ0v) is 7.70. The molecule has 5 nitrogen and oxygen atoms in total. The van der Waals surface area contributed by atoms with E-state index in [1.54, 1.807) is 0 Å². The molecule has 6 heteroatoms. The molecule has 0 radical (unpaired) electrons. The smallest absolute Gasteiger partial charge is 0.344 e. The molecule has 0 bridgehead atoms. The van der Waals surface area contributed by atoms with Crippen LogP contribution in [-0.2, 0) is 13.6 Å². The van der Waals surface area contributed by atoms with Crippen molar-refractivity contribution in [2.45, 2.75) is 0 Å². The lowest BCUT2D eigenvalue weighted by Crippen LogP contribution is -1.94. The van der Waals surface area contributed by atoms with E-state index in [1.165, 1.54) is 12.2 Å². The second-order valence-corrected chi connectivity index (χ2v) is 3.09. The summed E-state index contributed by atoms with van der Waals surface area (Å²) in [5.74, 6) is 0. The Bertz CT molecular complexity index is 166. The van der Waals surface area contributed by atoms with Crippen molar-refractivity contribution in [3.8, 4) is 0 Å². The maximum Gasteiger partial charge on any atom is 0.472 e. The van der Waals surface area contributed by atoms with Crippen LogP contribution < -0.4 is 6.15 Å². The molecule has 0 aliphatic carbocycles. The summed E-state index contributed by atoms with van der Waals surface area (Å²) >= 11 is 0. The van der Waals surface area contributed by atoms with Gasteiger partial charge in [0.25, 0.3) is 0 Å². The summed E-state index contributed by atoms with van der Waals surface area (Å²) in [6.45, 7) is 6.60. The minimum absolute atomic E-state index is 0. The zero-order valence-electron chi connectivity index (χ0n) is 6.81. The third-order valence-electron chi connectivity index (χ3n) is 0.711. The molecule has 0 atom stereocenters. The highest BCUT2D eigenvalue weighted by molar-refractivity contribution is 7.47. The molecular formula is C6H14NO4P. The van der Waals surface area contributed by atoms with Gasteiger partial charge in [-0.15, -0.1) is 13.2 Å². The van der Waals surface area contributed by atoms with E-state index in [2.05, 4.69) is 22.2 Å². The summed E-state index contributed by atoms with van der Waals surface area (Å²) in [5, 5.41) is 0. The molecule has 4 N–H and O–H groups in total. The van der Waals surface area contributed by atoms with Crippen molar-refractivity contribution in [3.63, 3.8) is 0 Å². The van der Waals surface area contributed by atoms with Crippen molar-refractivity contribution >= 4 is 7.82 Å². The highest BCUT2D eigenvalue weighted by Gasteiger charge is 2.18. The van der Waals surface area contributed by atoms with Gasteiger partial charge in [-0.25, -0.2) is 4.57 Å². The van der Waals surface area contributed by atoms with Crippen LogP contribution in [0.25, 0.3) is 0 Å². The molecule has 0 amide bonds. The Hall–Kier alpha value is -0.450. The van der Waals surface area contributed by atoms with Gasteiger partial charge < -0.3 is 11.0 Å². The van der Waals surface area contributed by atoms with Crippen LogP contribution in [0, 0.1) is 0 Å². The molecule has 0 rings (SSSR count).